The Balaban J connectivity index is 1.89. The van der Waals surface area contributed by atoms with Crippen LogP contribution in [0.4, 0.5) is 0 Å². The summed E-state index contributed by atoms with van der Waals surface area (Å²) in [7, 11) is 0. The fourth-order valence-electron chi connectivity index (χ4n) is 1.86. The molecule has 2 amide bonds. The van der Waals surface area contributed by atoms with Gasteiger partial charge in [-0.1, -0.05) is 23.3 Å². The molecule has 0 unspecified atom stereocenters. The third kappa shape index (κ3) is 1.90. The Kier molecular flexibility index (Phi) is 2.63. The van der Waals surface area contributed by atoms with Crippen molar-refractivity contribution in [2.45, 2.75) is 0 Å². The summed E-state index contributed by atoms with van der Waals surface area (Å²) in [6.07, 6.45) is 8.35. The molecule has 92 valence electrons. The number of benzene rings is 1. The molecule has 3 rings (SSSR count). The lowest BCUT2D eigenvalue weighted by molar-refractivity contribution is -0.0518. The second-order valence-electron chi connectivity index (χ2n) is 3.97. The molecule has 0 aromatic heterocycles. The van der Waals surface area contributed by atoms with Crippen LogP contribution in [-0.4, -0.2) is 16.9 Å². The lowest BCUT2D eigenvalue weighted by atomic mass is 10.1. The van der Waals surface area contributed by atoms with E-state index in [2.05, 4.69) is 5.73 Å². The normalized spacial score (nSPS) is 16.4. The van der Waals surface area contributed by atoms with Gasteiger partial charge in [0.15, 0.2) is 5.76 Å². The number of hydrogen-bond donors (Lipinski definition) is 0. The van der Waals surface area contributed by atoms with Crippen LogP contribution in [0.5, 0.6) is 0 Å². The van der Waals surface area contributed by atoms with Crippen LogP contribution in [-0.2, 0) is 4.84 Å². The Morgan fingerprint density at radius 3 is 2.37 bits per heavy atom. The Labute approximate surface area is 109 Å². The van der Waals surface area contributed by atoms with E-state index < -0.39 is 11.8 Å². The summed E-state index contributed by atoms with van der Waals surface area (Å²) in [6.45, 7) is 0. The highest BCUT2D eigenvalue weighted by atomic mass is 16.7. The number of amides is 2. The molecule has 19 heavy (non-hydrogen) atoms. The van der Waals surface area contributed by atoms with Crippen molar-refractivity contribution in [3.8, 4) is 0 Å². The first-order valence-electron chi connectivity index (χ1n) is 5.72. The van der Waals surface area contributed by atoms with Crippen LogP contribution < -0.4 is 0 Å². The largest absolute Gasteiger partial charge is 0.368 e. The van der Waals surface area contributed by atoms with Gasteiger partial charge in [-0.15, -0.1) is 5.73 Å². The summed E-state index contributed by atoms with van der Waals surface area (Å²) in [5.41, 5.74) is 3.58. The number of hydroxylamine groups is 2. The van der Waals surface area contributed by atoms with Gasteiger partial charge in [0.05, 0.1) is 11.1 Å². The minimum Gasteiger partial charge on any atom is -0.368 e. The molecule has 0 N–H and O–H groups in total. The predicted octanol–water partition coefficient (Wildman–Crippen LogP) is 2.38. The molecule has 0 saturated heterocycles. The molecule has 0 fully saturated rings. The van der Waals surface area contributed by atoms with Gasteiger partial charge in [0.1, 0.15) is 0 Å². The van der Waals surface area contributed by atoms with Crippen LogP contribution in [0.3, 0.4) is 0 Å². The average molecular weight is 251 g/mol. The van der Waals surface area contributed by atoms with Crippen LogP contribution >= 0.6 is 0 Å². The monoisotopic (exact) mass is 251 g/mol. The highest BCUT2D eigenvalue weighted by Gasteiger charge is 2.37. The van der Waals surface area contributed by atoms with E-state index in [9.17, 15) is 9.59 Å². The molecule has 1 heterocycles. The summed E-state index contributed by atoms with van der Waals surface area (Å²) >= 11 is 0. The molecule has 0 atom stereocenters. The summed E-state index contributed by atoms with van der Waals surface area (Å²) in [6, 6.07) is 6.64. The van der Waals surface area contributed by atoms with E-state index in [1.807, 2.05) is 0 Å². The molecule has 0 radical (unpaired) electrons. The highest BCUT2D eigenvalue weighted by Crippen LogP contribution is 2.24. The first-order chi connectivity index (χ1) is 9.27. The van der Waals surface area contributed by atoms with E-state index in [0.717, 1.165) is 5.06 Å². The van der Waals surface area contributed by atoms with Gasteiger partial charge < -0.3 is 4.84 Å². The molecular formula is C15H9NO3. The second kappa shape index (κ2) is 4.44. The topological polar surface area (TPSA) is 46.6 Å². The average Bonchev–Trinajstić information content (AvgIpc) is 2.65. The number of allylic oxidation sites excluding steroid dienone is 4. The van der Waals surface area contributed by atoms with Gasteiger partial charge in [0.2, 0.25) is 0 Å². The Bertz CT molecular complexity index is 656. The van der Waals surface area contributed by atoms with E-state index in [1.165, 1.54) is 0 Å². The van der Waals surface area contributed by atoms with Crippen molar-refractivity contribution in [1.29, 1.82) is 0 Å². The SMILES string of the molecule is O=C1c2ccccc2C(=O)N1OC1=CC=C=CC=C1. The zero-order valence-corrected chi connectivity index (χ0v) is 9.87. The zero-order chi connectivity index (χ0) is 13.2. The van der Waals surface area contributed by atoms with E-state index in [-0.39, 0.29) is 0 Å². The molecule has 4 heteroatoms. The van der Waals surface area contributed by atoms with Crippen molar-refractivity contribution < 1.29 is 14.4 Å². The maximum absolute atomic E-state index is 12.1. The first-order valence-corrected chi connectivity index (χ1v) is 5.72. The molecule has 2 aliphatic rings. The van der Waals surface area contributed by atoms with Gasteiger partial charge in [0.25, 0.3) is 11.8 Å². The molecule has 0 saturated carbocycles. The lowest BCUT2D eigenvalue weighted by Crippen LogP contribution is -2.29. The minimum atomic E-state index is -0.448. The van der Waals surface area contributed by atoms with Crippen LogP contribution in [0.2, 0.25) is 0 Å². The van der Waals surface area contributed by atoms with E-state index in [1.54, 1.807) is 54.6 Å². The second-order valence-corrected chi connectivity index (χ2v) is 3.97. The molecule has 1 aliphatic carbocycles. The van der Waals surface area contributed by atoms with Gasteiger partial charge in [-0.2, -0.15) is 0 Å². The number of imide groups is 1. The fraction of sp³-hybridized carbons (Fsp3) is 0. The summed E-state index contributed by atoms with van der Waals surface area (Å²) < 4.78 is 0. The maximum atomic E-state index is 12.1. The maximum Gasteiger partial charge on any atom is 0.295 e. The quantitative estimate of drug-likeness (QED) is 0.599. The smallest absolute Gasteiger partial charge is 0.295 e. The minimum absolute atomic E-state index is 0.361. The van der Waals surface area contributed by atoms with Gasteiger partial charge in [0, 0.05) is 0 Å². The molecule has 1 aromatic carbocycles. The van der Waals surface area contributed by atoms with Crippen LogP contribution in [0.1, 0.15) is 20.7 Å². The highest BCUT2D eigenvalue weighted by molar-refractivity contribution is 6.20. The number of nitrogens with zero attached hydrogens (tertiary/aromatic N) is 1. The van der Waals surface area contributed by atoms with Crippen molar-refractivity contribution in [3.05, 3.63) is 77.3 Å². The molecule has 1 aromatic rings. The third-order valence-electron chi connectivity index (χ3n) is 2.75. The third-order valence-corrected chi connectivity index (χ3v) is 2.75. The number of carbonyl (C=O) groups is 2. The Morgan fingerprint density at radius 2 is 1.68 bits per heavy atom. The van der Waals surface area contributed by atoms with E-state index >= 15 is 0 Å². The summed E-state index contributed by atoms with van der Waals surface area (Å²) in [4.78, 5) is 29.5. The van der Waals surface area contributed by atoms with Gasteiger partial charge in [-0.25, -0.2) is 0 Å². The van der Waals surface area contributed by atoms with Crippen molar-refractivity contribution in [2.24, 2.45) is 0 Å². The fourth-order valence-corrected chi connectivity index (χ4v) is 1.86. The van der Waals surface area contributed by atoms with Crippen LogP contribution in [0, 0.1) is 0 Å². The standard InChI is InChI=1S/C15H9NO3/c17-14-12-9-5-6-10-13(12)15(18)16(14)19-11-7-3-1-2-4-8-11/h1,3-10H. The van der Waals surface area contributed by atoms with E-state index in [4.69, 9.17) is 4.84 Å². The Hall–Kier alpha value is -2.84. The number of carbonyl (C=O) groups excluding carboxylic acids is 2. The number of fused-ring (bicyclic) bond motifs is 1. The molecule has 0 bridgehead atoms. The van der Waals surface area contributed by atoms with Crippen molar-refractivity contribution in [2.75, 3.05) is 0 Å². The molecule has 1 aliphatic heterocycles. The van der Waals surface area contributed by atoms with Crippen molar-refractivity contribution in [1.82, 2.24) is 5.06 Å². The summed E-state index contributed by atoms with van der Waals surface area (Å²) in [5, 5.41) is 0.778. The predicted molar refractivity (Wildman–Crippen MR) is 67.9 cm³/mol. The van der Waals surface area contributed by atoms with Gasteiger partial charge in [-0.05, 0) is 36.4 Å². The number of hydrogen-bond acceptors (Lipinski definition) is 3. The van der Waals surface area contributed by atoms with Crippen LogP contribution in [0.25, 0.3) is 0 Å². The molecule has 0 spiro atoms. The summed E-state index contributed by atoms with van der Waals surface area (Å²) in [5.74, 6) is -0.497. The first kappa shape index (κ1) is 11.3. The van der Waals surface area contributed by atoms with E-state index in [0.29, 0.717) is 16.9 Å². The van der Waals surface area contributed by atoms with Crippen molar-refractivity contribution in [3.63, 3.8) is 0 Å². The van der Waals surface area contributed by atoms with Crippen molar-refractivity contribution >= 4 is 11.8 Å². The van der Waals surface area contributed by atoms with Crippen LogP contribution in [0.15, 0.2) is 66.1 Å². The number of rotatable bonds is 2. The molecular weight excluding hydrogens is 242 g/mol. The zero-order valence-electron chi connectivity index (χ0n) is 9.87. The Morgan fingerprint density at radius 1 is 1.00 bits per heavy atom. The lowest BCUT2D eigenvalue weighted by Gasteiger charge is -2.14. The molecule has 4 nitrogen and oxygen atoms in total. The van der Waals surface area contributed by atoms with Gasteiger partial charge >= 0.3 is 0 Å². The van der Waals surface area contributed by atoms with Gasteiger partial charge in [-0.3, -0.25) is 9.59 Å².